The average molecular weight is 334 g/mol. The minimum atomic E-state index is -0.355. The number of benzene rings is 1. The van der Waals surface area contributed by atoms with Crippen LogP contribution in [0.5, 0.6) is 5.75 Å². The van der Waals surface area contributed by atoms with E-state index in [9.17, 15) is 9.59 Å². The van der Waals surface area contributed by atoms with Crippen LogP contribution in [-0.4, -0.2) is 31.1 Å². The molecule has 1 aromatic rings. The zero-order valence-electron chi connectivity index (χ0n) is 11.8. The molecule has 0 unspecified atom stereocenters. The van der Waals surface area contributed by atoms with Gasteiger partial charge in [-0.3, -0.25) is 9.59 Å². The second-order valence-corrected chi connectivity index (χ2v) is 5.35. The minimum Gasteiger partial charge on any atom is -0.482 e. The molecule has 0 aliphatic carbocycles. The second kappa shape index (κ2) is 8.74. The molecule has 7 heteroatoms. The van der Waals surface area contributed by atoms with Crippen molar-refractivity contribution >= 4 is 35.1 Å². The number of rotatable bonds is 7. The van der Waals surface area contributed by atoms with Gasteiger partial charge in [0.05, 0.1) is 17.5 Å². The summed E-state index contributed by atoms with van der Waals surface area (Å²) in [7, 11) is 0. The highest BCUT2D eigenvalue weighted by atomic mass is 35.5. The van der Waals surface area contributed by atoms with E-state index in [2.05, 4.69) is 5.32 Å². The maximum Gasteiger partial charge on any atom is 0.307 e. The van der Waals surface area contributed by atoms with Gasteiger partial charge in [0.15, 0.2) is 6.61 Å². The third-order valence-electron chi connectivity index (χ3n) is 2.27. The molecule has 0 bridgehead atoms. The molecule has 0 atom stereocenters. The van der Waals surface area contributed by atoms with E-state index in [0.717, 1.165) is 0 Å². The van der Waals surface area contributed by atoms with Crippen LogP contribution in [0.15, 0.2) is 18.2 Å². The number of esters is 1. The number of carbonyl (C=O) groups excluding carboxylic acids is 2. The van der Waals surface area contributed by atoms with Gasteiger partial charge in [-0.05, 0) is 32.0 Å². The molecule has 0 aliphatic rings. The number of carbonyl (C=O) groups is 2. The summed E-state index contributed by atoms with van der Waals surface area (Å²) in [6, 6.07) is 4.72. The van der Waals surface area contributed by atoms with Crippen molar-refractivity contribution in [2.24, 2.45) is 0 Å². The Morgan fingerprint density at radius 2 is 2.00 bits per heavy atom. The Morgan fingerprint density at radius 1 is 1.29 bits per heavy atom. The molecule has 0 radical (unpaired) electrons. The number of hydrogen-bond acceptors (Lipinski definition) is 4. The van der Waals surface area contributed by atoms with Crippen LogP contribution in [0.3, 0.4) is 0 Å². The summed E-state index contributed by atoms with van der Waals surface area (Å²) in [6.07, 6.45) is -0.0467. The van der Waals surface area contributed by atoms with Crippen LogP contribution in [0.1, 0.15) is 20.3 Å². The third-order valence-corrected chi connectivity index (χ3v) is 2.80. The first-order chi connectivity index (χ1) is 9.88. The summed E-state index contributed by atoms with van der Waals surface area (Å²) in [5.74, 6) is -0.333. The van der Waals surface area contributed by atoms with Crippen LogP contribution in [-0.2, 0) is 14.3 Å². The molecule has 5 nitrogen and oxygen atoms in total. The van der Waals surface area contributed by atoms with Gasteiger partial charge in [-0.1, -0.05) is 23.2 Å². The van der Waals surface area contributed by atoms with Gasteiger partial charge in [0.25, 0.3) is 5.91 Å². The smallest absolute Gasteiger partial charge is 0.307 e. The molecule has 21 heavy (non-hydrogen) atoms. The first-order valence-electron chi connectivity index (χ1n) is 6.42. The Balaban J connectivity index is 2.27. The normalized spacial score (nSPS) is 10.3. The van der Waals surface area contributed by atoms with Crippen LogP contribution in [0.2, 0.25) is 10.0 Å². The fourth-order valence-electron chi connectivity index (χ4n) is 1.41. The lowest BCUT2D eigenvalue weighted by Gasteiger charge is -2.10. The Hall–Kier alpha value is -1.46. The van der Waals surface area contributed by atoms with Gasteiger partial charge >= 0.3 is 5.97 Å². The van der Waals surface area contributed by atoms with Gasteiger partial charge in [-0.2, -0.15) is 0 Å². The molecule has 0 aliphatic heterocycles. The van der Waals surface area contributed by atoms with E-state index >= 15 is 0 Å². The fraction of sp³-hybridized carbons (Fsp3) is 0.429. The number of amides is 1. The molecule has 0 saturated carbocycles. The molecule has 1 aromatic carbocycles. The van der Waals surface area contributed by atoms with E-state index in [4.69, 9.17) is 32.7 Å². The molecular weight excluding hydrogens is 317 g/mol. The lowest BCUT2D eigenvalue weighted by molar-refractivity contribution is -0.147. The van der Waals surface area contributed by atoms with Crippen LogP contribution in [0.4, 0.5) is 0 Å². The molecule has 1 amide bonds. The first-order valence-corrected chi connectivity index (χ1v) is 7.18. The molecule has 0 fully saturated rings. The van der Waals surface area contributed by atoms with Crippen LogP contribution < -0.4 is 10.1 Å². The largest absolute Gasteiger partial charge is 0.482 e. The lowest BCUT2D eigenvalue weighted by Crippen LogP contribution is -2.31. The summed E-state index contributed by atoms with van der Waals surface area (Å²) in [4.78, 5) is 22.8. The molecule has 0 saturated heterocycles. The SMILES string of the molecule is CC(C)OC(=O)CCNC(=O)COc1ccc(Cl)cc1Cl. The Bertz CT molecular complexity index is 506. The van der Waals surface area contributed by atoms with E-state index in [-0.39, 0.29) is 37.6 Å². The van der Waals surface area contributed by atoms with E-state index in [1.165, 1.54) is 6.07 Å². The topological polar surface area (TPSA) is 64.6 Å². The van der Waals surface area contributed by atoms with Crippen molar-refractivity contribution < 1.29 is 19.1 Å². The van der Waals surface area contributed by atoms with Crippen LogP contribution in [0.25, 0.3) is 0 Å². The first kappa shape index (κ1) is 17.6. The maximum absolute atomic E-state index is 11.5. The van der Waals surface area contributed by atoms with E-state index in [1.54, 1.807) is 26.0 Å². The monoisotopic (exact) mass is 333 g/mol. The maximum atomic E-state index is 11.5. The van der Waals surface area contributed by atoms with Gasteiger partial charge < -0.3 is 14.8 Å². The fourth-order valence-corrected chi connectivity index (χ4v) is 1.88. The Kier molecular flexibility index (Phi) is 7.32. The van der Waals surface area contributed by atoms with E-state index in [0.29, 0.717) is 15.8 Å². The second-order valence-electron chi connectivity index (χ2n) is 4.50. The van der Waals surface area contributed by atoms with Crippen molar-refractivity contribution in [3.8, 4) is 5.75 Å². The van der Waals surface area contributed by atoms with Crippen molar-refractivity contribution in [3.05, 3.63) is 28.2 Å². The van der Waals surface area contributed by atoms with E-state index < -0.39 is 0 Å². The van der Waals surface area contributed by atoms with Gasteiger partial charge in [0.1, 0.15) is 5.75 Å². The molecule has 1 N–H and O–H groups in total. The van der Waals surface area contributed by atoms with E-state index in [1.807, 2.05) is 0 Å². The third kappa shape index (κ3) is 7.20. The zero-order valence-corrected chi connectivity index (χ0v) is 13.3. The summed E-state index contributed by atoms with van der Waals surface area (Å²) in [6.45, 7) is 3.53. The highest BCUT2D eigenvalue weighted by Gasteiger charge is 2.08. The Labute approximate surface area is 133 Å². The number of hydrogen-bond donors (Lipinski definition) is 1. The predicted octanol–water partition coefficient (Wildman–Crippen LogP) is 2.83. The molecular formula is C14H17Cl2NO4. The molecule has 0 spiro atoms. The van der Waals surface area contributed by atoms with Crippen molar-refractivity contribution in [2.75, 3.05) is 13.2 Å². The standard InChI is InChI=1S/C14H17Cl2NO4/c1-9(2)21-14(19)5-6-17-13(18)8-20-12-4-3-10(15)7-11(12)16/h3-4,7,9H,5-6,8H2,1-2H3,(H,17,18). The van der Waals surface area contributed by atoms with Gasteiger partial charge in [0.2, 0.25) is 0 Å². The molecule has 1 rings (SSSR count). The number of nitrogens with one attached hydrogen (secondary N) is 1. The van der Waals surface area contributed by atoms with Crippen molar-refractivity contribution in [2.45, 2.75) is 26.4 Å². The highest BCUT2D eigenvalue weighted by molar-refractivity contribution is 6.35. The lowest BCUT2D eigenvalue weighted by atomic mass is 10.3. The number of ether oxygens (including phenoxy) is 2. The van der Waals surface area contributed by atoms with Crippen LogP contribution in [0, 0.1) is 0 Å². The molecule has 116 valence electrons. The summed E-state index contributed by atoms with van der Waals surface area (Å²) < 4.78 is 10.2. The zero-order chi connectivity index (χ0) is 15.8. The van der Waals surface area contributed by atoms with Crippen molar-refractivity contribution in [1.82, 2.24) is 5.32 Å². The van der Waals surface area contributed by atoms with Gasteiger partial charge in [-0.15, -0.1) is 0 Å². The summed E-state index contributed by atoms with van der Waals surface area (Å²) >= 11 is 11.7. The van der Waals surface area contributed by atoms with Crippen molar-refractivity contribution in [1.29, 1.82) is 0 Å². The minimum absolute atomic E-state index is 0.117. The Morgan fingerprint density at radius 3 is 2.62 bits per heavy atom. The molecule has 0 heterocycles. The van der Waals surface area contributed by atoms with Gasteiger partial charge in [-0.25, -0.2) is 0 Å². The average Bonchev–Trinajstić information content (AvgIpc) is 2.36. The highest BCUT2D eigenvalue weighted by Crippen LogP contribution is 2.27. The number of halogens is 2. The van der Waals surface area contributed by atoms with Crippen LogP contribution >= 0.6 is 23.2 Å². The molecule has 0 aromatic heterocycles. The summed E-state index contributed by atoms with van der Waals surface area (Å²) in [5, 5.41) is 3.37. The van der Waals surface area contributed by atoms with Crippen molar-refractivity contribution in [3.63, 3.8) is 0 Å². The summed E-state index contributed by atoms with van der Waals surface area (Å²) in [5.41, 5.74) is 0. The van der Waals surface area contributed by atoms with Gasteiger partial charge in [0, 0.05) is 11.6 Å². The quantitative estimate of drug-likeness (QED) is 0.779. The predicted molar refractivity (Wildman–Crippen MR) is 80.8 cm³/mol.